The van der Waals surface area contributed by atoms with Crippen LogP contribution in [0.5, 0.6) is 11.6 Å². The van der Waals surface area contributed by atoms with Crippen LogP contribution in [0.3, 0.4) is 0 Å². The van der Waals surface area contributed by atoms with Crippen molar-refractivity contribution in [3.63, 3.8) is 0 Å². The summed E-state index contributed by atoms with van der Waals surface area (Å²) in [5.74, 6) is -1.09. The Hall–Kier alpha value is -4.73. The second-order valence-corrected chi connectivity index (χ2v) is 8.32. The number of hydrogen-bond acceptors (Lipinski definition) is 6. The number of nitrogens with one attached hydrogen (secondary N) is 1. The predicted octanol–water partition coefficient (Wildman–Crippen LogP) is 3.03. The molecule has 9 nitrogen and oxygen atoms in total. The van der Waals surface area contributed by atoms with Crippen LogP contribution in [0.4, 0.5) is 10.1 Å². The molecule has 0 unspecified atom stereocenters. The molecule has 3 aromatic carbocycles. The summed E-state index contributed by atoms with van der Waals surface area (Å²) in [6.45, 7) is 1.08. The van der Waals surface area contributed by atoms with Crippen molar-refractivity contribution in [1.29, 1.82) is 0 Å². The van der Waals surface area contributed by atoms with E-state index in [9.17, 15) is 18.8 Å². The molecule has 1 saturated heterocycles. The lowest BCUT2D eigenvalue weighted by molar-refractivity contribution is 0.0533. The Labute approximate surface area is 204 Å². The number of nitrogens with two attached hydrogens (primary N) is 1. The highest BCUT2D eigenvalue weighted by Crippen LogP contribution is 2.27. The van der Waals surface area contributed by atoms with Gasteiger partial charge in [0.15, 0.2) is 0 Å². The smallest absolute Gasteiger partial charge is 0.272 e. The lowest BCUT2D eigenvalue weighted by atomic mass is 10.1. The molecule has 10 heteroatoms. The first-order valence-electron chi connectivity index (χ1n) is 11.3. The van der Waals surface area contributed by atoms with Gasteiger partial charge >= 0.3 is 0 Å². The SMILES string of the molecule is Nc1ccccc1C(=O)N1CCN(C(=O)c2cc(Oc3n[nH]c(=O)c4ccccc34)ccc2F)CC1. The second-order valence-electron chi connectivity index (χ2n) is 8.32. The number of carbonyl (C=O) groups is 2. The molecule has 0 saturated carbocycles. The number of hydrogen-bond donors (Lipinski definition) is 2. The van der Waals surface area contributed by atoms with E-state index in [1.54, 1.807) is 53.4 Å². The fourth-order valence-corrected chi connectivity index (χ4v) is 4.16. The minimum atomic E-state index is -0.692. The summed E-state index contributed by atoms with van der Waals surface area (Å²) in [4.78, 5) is 41.0. The summed E-state index contributed by atoms with van der Waals surface area (Å²) in [6, 6.07) is 17.4. The Morgan fingerprint density at radius 1 is 0.861 bits per heavy atom. The van der Waals surface area contributed by atoms with Gasteiger partial charge in [-0.05, 0) is 42.5 Å². The van der Waals surface area contributed by atoms with E-state index in [0.29, 0.717) is 35.1 Å². The third kappa shape index (κ3) is 4.36. The summed E-state index contributed by atoms with van der Waals surface area (Å²) in [5, 5.41) is 7.20. The number of carbonyl (C=O) groups excluding carboxylic acids is 2. The maximum Gasteiger partial charge on any atom is 0.272 e. The maximum atomic E-state index is 14.6. The number of halogens is 1. The number of piperazine rings is 1. The van der Waals surface area contributed by atoms with Crippen molar-refractivity contribution in [3.8, 4) is 11.6 Å². The zero-order chi connectivity index (χ0) is 25.2. The predicted molar refractivity (Wildman–Crippen MR) is 131 cm³/mol. The minimum Gasteiger partial charge on any atom is -0.437 e. The van der Waals surface area contributed by atoms with E-state index < -0.39 is 11.7 Å². The molecule has 2 heterocycles. The van der Waals surface area contributed by atoms with Gasteiger partial charge in [0, 0.05) is 31.9 Å². The molecule has 1 aliphatic rings. The quantitative estimate of drug-likeness (QED) is 0.427. The molecule has 2 amide bonds. The molecule has 0 spiro atoms. The Bertz CT molecular complexity index is 1530. The third-order valence-corrected chi connectivity index (χ3v) is 6.09. The van der Waals surface area contributed by atoms with Crippen LogP contribution in [-0.2, 0) is 0 Å². The maximum absolute atomic E-state index is 14.6. The van der Waals surface area contributed by atoms with E-state index in [1.165, 1.54) is 17.0 Å². The van der Waals surface area contributed by atoms with Crippen molar-refractivity contribution in [2.75, 3.05) is 31.9 Å². The van der Waals surface area contributed by atoms with Crippen LogP contribution in [-0.4, -0.2) is 58.0 Å². The van der Waals surface area contributed by atoms with Crippen LogP contribution in [0.2, 0.25) is 0 Å². The summed E-state index contributed by atoms with van der Waals surface area (Å²) < 4.78 is 20.5. The molecule has 4 aromatic rings. The number of nitrogen functional groups attached to an aromatic ring is 1. The highest BCUT2D eigenvalue weighted by Gasteiger charge is 2.28. The van der Waals surface area contributed by atoms with E-state index in [0.717, 1.165) is 6.07 Å². The molecule has 36 heavy (non-hydrogen) atoms. The second kappa shape index (κ2) is 9.49. The number of anilines is 1. The van der Waals surface area contributed by atoms with E-state index in [-0.39, 0.29) is 41.7 Å². The van der Waals surface area contributed by atoms with Crippen molar-refractivity contribution in [1.82, 2.24) is 20.0 Å². The molecular formula is C26H22FN5O4. The van der Waals surface area contributed by atoms with Gasteiger partial charge in [-0.3, -0.25) is 14.4 Å². The fourth-order valence-electron chi connectivity index (χ4n) is 4.16. The normalized spacial score (nSPS) is 13.6. The largest absolute Gasteiger partial charge is 0.437 e. The Balaban J connectivity index is 1.31. The van der Waals surface area contributed by atoms with Crippen molar-refractivity contribution >= 4 is 28.3 Å². The molecular weight excluding hydrogens is 465 g/mol. The van der Waals surface area contributed by atoms with Crippen molar-refractivity contribution in [3.05, 3.63) is 94.0 Å². The molecule has 0 aliphatic carbocycles. The van der Waals surface area contributed by atoms with E-state index >= 15 is 0 Å². The highest BCUT2D eigenvalue weighted by atomic mass is 19.1. The van der Waals surface area contributed by atoms with Gasteiger partial charge in [0.25, 0.3) is 17.4 Å². The Kier molecular flexibility index (Phi) is 6.07. The number of H-pyrrole nitrogens is 1. The zero-order valence-electron chi connectivity index (χ0n) is 19.1. The van der Waals surface area contributed by atoms with Crippen LogP contribution < -0.4 is 16.0 Å². The molecule has 5 rings (SSSR count). The van der Waals surface area contributed by atoms with Crippen LogP contribution >= 0.6 is 0 Å². The molecule has 182 valence electrons. The number of fused-ring (bicyclic) bond motifs is 1. The van der Waals surface area contributed by atoms with Gasteiger partial charge in [-0.2, -0.15) is 0 Å². The van der Waals surface area contributed by atoms with Gasteiger partial charge in [-0.1, -0.05) is 24.3 Å². The minimum absolute atomic E-state index is 0.127. The average Bonchev–Trinajstić information content (AvgIpc) is 2.91. The van der Waals surface area contributed by atoms with Crippen LogP contribution in [0.1, 0.15) is 20.7 Å². The van der Waals surface area contributed by atoms with Gasteiger partial charge in [0.05, 0.1) is 21.9 Å². The summed E-state index contributed by atoms with van der Waals surface area (Å²) in [7, 11) is 0. The lowest BCUT2D eigenvalue weighted by Crippen LogP contribution is -2.50. The number of aromatic amines is 1. The first-order chi connectivity index (χ1) is 17.4. The lowest BCUT2D eigenvalue weighted by Gasteiger charge is -2.35. The van der Waals surface area contributed by atoms with Gasteiger partial charge in [-0.15, -0.1) is 5.10 Å². The molecule has 1 fully saturated rings. The number of amides is 2. The van der Waals surface area contributed by atoms with Crippen molar-refractivity contribution < 1.29 is 18.7 Å². The molecule has 0 atom stereocenters. The van der Waals surface area contributed by atoms with Crippen molar-refractivity contribution in [2.45, 2.75) is 0 Å². The zero-order valence-corrected chi connectivity index (χ0v) is 19.1. The summed E-state index contributed by atoms with van der Waals surface area (Å²) in [6.07, 6.45) is 0. The first kappa shape index (κ1) is 23.0. The van der Waals surface area contributed by atoms with Crippen LogP contribution in [0, 0.1) is 5.82 Å². The number of nitrogens with zero attached hydrogens (tertiary/aromatic N) is 3. The standard InChI is InChI=1S/C26H22FN5O4/c27-21-10-9-16(36-24-18-6-2-1-5-17(18)23(33)29-30-24)15-20(21)26(35)32-13-11-31(12-14-32)25(34)19-7-3-4-8-22(19)28/h1-10,15H,11-14,28H2,(H,29,33). The van der Waals surface area contributed by atoms with Gasteiger partial charge < -0.3 is 20.3 Å². The van der Waals surface area contributed by atoms with E-state index in [1.807, 2.05) is 0 Å². The van der Waals surface area contributed by atoms with Crippen molar-refractivity contribution in [2.24, 2.45) is 0 Å². The monoisotopic (exact) mass is 487 g/mol. The van der Waals surface area contributed by atoms with Crippen LogP contribution in [0.25, 0.3) is 10.8 Å². The number of rotatable bonds is 4. The Morgan fingerprint density at radius 2 is 1.47 bits per heavy atom. The van der Waals surface area contributed by atoms with E-state index in [4.69, 9.17) is 10.5 Å². The van der Waals surface area contributed by atoms with Gasteiger partial charge in [-0.25, -0.2) is 9.49 Å². The van der Waals surface area contributed by atoms with Crippen LogP contribution in [0.15, 0.2) is 71.5 Å². The van der Waals surface area contributed by atoms with Gasteiger partial charge in [0.2, 0.25) is 5.88 Å². The number of benzene rings is 3. The average molecular weight is 487 g/mol. The number of aromatic nitrogens is 2. The summed E-state index contributed by atoms with van der Waals surface area (Å²) >= 11 is 0. The topological polar surface area (TPSA) is 122 Å². The number of para-hydroxylation sites is 1. The fraction of sp³-hybridized carbons (Fsp3) is 0.154. The molecule has 3 N–H and O–H groups in total. The Morgan fingerprint density at radius 3 is 2.17 bits per heavy atom. The molecule has 0 radical (unpaired) electrons. The highest BCUT2D eigenvalue weighted by molar-refractivity contribution is 5.99. The molecule has 0 bridgehead atoms. The summed E-state index contributed by atoms with van der Waals surface area (Å²) in [5.41, 5.74) is 6.20. The molecule has 1 aromatic heterocycles. The first-order valence-corrected chi connectivity index (χ1v) is 11.3. The third-order valence-electron chi connectivity index (χ3n) is 6.09. The molecule has 1 aliphatic heterocycles. The number of ether oxygens (including phenoxy) is 1. The van der Waals surface area contributed by atoms with E-state index in [2.05, 4.69) is 10.2 Å². The van der Waals surface area contributed by atoms with Gasteiger partial charge in [0.1, 0.15) is 11.6 Å².